The second-order valence-electron chi connectivity index (χ2n) is 4.96. The van der Waals surface area contributed by atoms with Gasteiger partial charge in [0.05, 0.1) is 5.02 Å². The van der Waals surface area contributed by atoms with E-state index in [4.69, 9.17) is 27.9 Å². The van der Waals surface area contributed by atoms with Crippen molar-refractivity contribution < 1.29 is 4.74 Å². The smallest absolute Gasteiger partial charge is 0.240 e. The normalized spacial score (nSPS) is 10.5. The van der Waals surface area contributed by atoms with Crippen molar-refractivity contribution in [2.45, 2.75) is 27.2 Å². The van der Waals surface area contributed by atoms with Crippen molar-refractivity contribution in [2.75, 3.05) is 11.9 Å². The third kappa shape index (κ3) is 4.26. The number of aryl methyl sites for hydroxylation is 2. The summed E-state index contributed by atoms with van der Waals surface area (Å²) in [7, 11) is 0. The van der Waals surface area contributed by atoms with Gasteiger partial charge in [0.2, 0.25) is 5.88 Å². The summed E-state index contributed by atoms with van der Waals surface area (Å²) in [5.41, 5.74) is 2.25. The van der Waals surface area contributed by atoms with Gasteiger partial charge in [0.25, 0.3) is 0 Å². The lowest BCUT2D eigenvalue weighted by atomic mass is 10.1. The Balaban J connectivity index is 2.30. The molecule has 0 saturated carbocycles. The van der Waals surface area contributed by atoms with Gasteiger partial charge in [-0.3, -0.25) is 0 Å². The Hall–Kier alpha value is -1.45. The lowest BCUT2D eigenvalue weighted by Gasteiger charge is -2.12. The molecule has 0 atom stereocenters. The van der Waals surface area contributed by atoms with Crippen molar-refractivity contribution >= 4 is 29.0 Å². The van der Waals surface area contributed by atoms with Gasteiger partial charge in [-0.2, -0.15) is 4.98 Å². The largest absolute Gasteiger partial charge is 0.437 e. The molecule has 0 amide bonds. The maximum absolute atomic E-state index is 6.17. The molecule has 0 fully saturated rings. The number of benzene rings is 1. The standard InChI is InChI=1S/C16H18Cl2N2O/c1-4-5-19-15-13(17)9-14(18)16(20-15)21-12-7-10(2)6-11(3)8-12/h6-9H,4-5H2,1-3H3,(H,19,20). The van der Waals surface area contributed by atoms with E-state index in [1.54, 1.807) is 6.07 Å². The number of rotatable bonds is 5. The van der Waals surface area contributed by atoms with Crippen molar-refractivity contribution in [3.63, 3.8) is 0 Å². The SMILES string of the molecule is CCCNc1nc(Oc2cc(C)cc(C)c2)c(Cl)cc1Cl. The van der Waals surface area contributed by atoms with Crippen LogP contribution in [0.25, 0.3) is 0 Å². The Bertz CT molecular complexity index is 624. The van der Waals surface area contributed by atoms with Gasteiger partial charge >= 0.3 is 0 Å². The maximum Gasteiger partial charge on any atom is 0.240 e. The Morgan fingerprint density at radius 3 is 2.33 bits per heavy atom. The molecular formula is C16H18Cl2N2O. The van der Waals surface area contributed by atoms with Crippen LogP contribution in [-0.2, 0) is 0 Å². The van der Waals surface area contributed by atoms with Crippen LogP contribution in [0.3, 0.4) is 0 Å². The first-order chi connectivity index (χ1) is 9.99. The van der Waals surface area contributed by atoms with Crippen LogP contribution in [0.4, 0.5) is 5.82 Å². The zero-order valence-corrected chi connectivity index (χ0v) is 13.8. The minimum absolute atomic E-state index is 0.352. The van der Waals surface area contributed by atoms with Gasteiger partial charge in [0.1, 0.15) is 16.6 Å². The number of aromatic nitrogens is 1. The Labute approximate surface area is 135 Å². The molecular weight excluding hydrogens is 307 g/mol. The van der Waals surface area contributed by atoms with Crippen molar-refractivity contribution in [1.29, 1.82) is 0 Å². The number of nitrogens with zero attached hydrogens (tertiary/aromatic N) is 1. The molecule has 2 aromatic rings. The van der Waals surface area contributed by atoms with Gasteiger partial charge in [-0.05, 0) is 49.6 Å². The molecule has 1 aromatic heterocycles. The number of halogens is 2. The Morgan fingerprint density at radius 1 is 1.05 bits per heavy atom. The summed E-state index contributed by atoms with van der Waals surface area (Å²) in [5.74, 6) is 1.65. The van der Waals surface area contributed by atoms with Gasteiger partial charge < -0.3 is 10.1 Å². The van der Waals surface area contributed by atoms with Crippen molar-refractivity contribution in [3.05, 3.63) is 45.4 Å². The monoisotopic (exact) mass is 324 g/mol. The number of nitrogens with one attached hydrogen (secondary N) is 1. The summed E-state index contributed by atoms with van der Waals surface area (Å²) in [4.78, 5) is 4.37. The molecule has 2 rings (SSSR count). The predicted molar refractivity (Wildman–Crippen MR) is 89.0 cm³/mol. The third-order valence-electron chi connectivity index (χ3n) is 2.85. The number of anilines is 1. The van der Waals surface area contributed by atoms with E-state index >= 15 is 0 Å². The molecule has 0 unspecified atom stereocenters. The van der Waals surface area contributed by atoms with Crippen LogP contribution in [-0.4, -0.2) is 11.5 Å². The highest BCUT2D eigenvalue weighted by molar-refractivity contribution is 6.36. The first-order valence-corrected chi connectivity index (χ1v) is 7.61. The molecule has 3 nitrogen and oxygen atoms in total. The highest BCUT2D eigenvalue weighted by Crippen LogP contribution is 2.33. The molecule has 0 saturated heterocycles. The molecule has 1 N–H and O–H groups in total. The van der Waals surface area contributed by atoms with E-state index in [2.05, 4.69) is 23.3 Å². The van der Waals surface area contributed by atoms with E-state index in [0.717, 1.165) is 24.1 Å². The van der Waals surface area contributed by atoms with Crippen LogP contribution in [0.15, 0.2) is 24.3 Å². The van der Waals surface area contributed by atoms with Crippen LogP contribution < -0.4 is 10.1 Å². The van der Waals surface area contributed by atoms with Crippen LogP contribution in [0.2, 0.25) is 10.0 Å². The Kier molecular flexibility index (Phi) is 5.32. The first-order valence-electron chi connectivity index (χ1n) is 6.85. The van der Waals surface area contributed by atoms with Crippen molar-refractivity contribution in [1.82, 2.24) is 4.98 Å². The Morgan fingerprint density at radius 2 is 1.71 bits per heavy atom. The second kappa shape index (κ2) is 7.01. The fraction of sp³-hybridized carbons (Fsp3) is 0.312. The van der Waals surface area contributed by atoms with Crippen LogP contribution >= 0.6 is 23.2 Å². The molecule has 112 valence electrons. The van der Waals surface area contributed by atoms with Crippen LogP contribution in [0.1, 0.15) is 24.5 Å². The maximum atomic E-state index is 6.17. The topological polar surface area (TPSA) is 34.2 Å². The fourth-order valence-electron chi connectivity index (χ4n) is 1.99. The average Bonchev–Trinajstić information content (AvgIpc) is 2.39. The van der Waals surface area contributed by atoms with Gasteiger partial charge in [0, 0.05) is 6.54 Å². The van der Waals surface area contributed by atoms with Gasteiger partial charge in [-0.25, -0.2) is 0 Å². The van der Waals surface area contributed by atoms with Gasteiger partial charge in [-0.15, -0.1) is 0 Å². The van der Waals surface area contributed by atoms with E-state index in [0.29, 0.717) is 27.5 Å². The summed E-state index contributed by atoms with van der Waals surface area (Å²) in [6, 6.07) is 7.61. The quantitative estimate of drug-likeness (QED) is 0.775. The van der Waals surface area contributed by atoms with Crippen molar-refractivity contribution in [3.8, 4) is 11.6 Å². The van der Waals surface area contributed by atoms with Crippen molar-refractivity contribution in [2.24, 2.45) is 0 Å². The summed E-state index contributed by atoms with van der Waals surface area (Å²) < 4.78 is 5.80. The number of ether oxygens (including phenoxy) is 1. The van der Waals surface area contributed by atoms with E-state index in [9.17, 15) is 0 Å². The molecule has 1 heterocycles. The number of hydrogen-bond acceptors (Lipinski definition) is 3. The second-order valence-corrected chi connectivity index (χ2v) is 5.77. The molecule has 0 aliphatic rings. The zero-order valence-electron chi connectivity index (χ0n) is 12.3. The first kappa shape index (κ1) is 15.9. The van der Waals surface area contributed by atoms with E-state index in [-0.39, 0.29) is 0 Å². The molecule has 0 radical (unpaired) electrons. The summed E-state index contributed by atoms with van der Waals surface area (Å²) in [6.07, 6.45) is 0.980. The van der Waals surface area contributed by atoms with E-state index in [1.807, 2.05) is 26.0 Å². The predicted octanol–water partition coefficient (Wildman–Crippen LogP) is 5.62. The summed E-state index contributed by atoms with van der Waals surface area (Å²) in [6.45, 7) is 6.90. The minimum Gasteiger partial charge on any atom is -0.437 e. The average molecular weight is 325 g/mol. The summed E-state index contributed by atoms with van der Waals surface area (Å²) in [5, 5.41) is 4.03. The zero-order chi connectivity index (χ0) is 15.4. The number of hydrogen-bond donors (Lipinski definition) is 1. The van der Waals surface area contributed by atoms with Gasteiger partial charge in [0.15, 0.2) is 0 Å². The lowest BCUT2D eigenvalue weighted by Crippen LogP contribution is -2.03. The molecule has 1 aromatic carbocycles. The molecule has 0 bridgehead atoms. The summed E-state index contributed by atoms with van der Waals surface area (Å²) >= 11 is 12.3. The molecule has 0 spiro atoms. The molecule has 0 aliphatic heterocycles. The van der Waals surface area contributed by atoms with Gasteiger partial charge in [-0.1, -0.05) is 36.2 Å². The van der Waals surface area contributed by atoms with E-state index < -0.39 is 0 Å². The molecule has 0 aliphatic carbocycles. The lowest BCUT2D eigenvalue weighted by molar-refractivity contribution is 0.463. The highest BCUT2D eigenvalue weighted by atomic mass is 35.5. The van der Waals surface area contributed by atoms with Crippen LogP contribution in [0.5, 0.6) is 11.6 Å². The minimum atomic E-state index is 0.352. The van der Waals surface area contributed by atoms with Crippen LogP contribution in [0, 0.1) is 13.8 Å². The molecule has 5 heteroatoms. The molecule has 21 heavy (non-hydrogen) atoms. The third-order valence-corrected chi connectivity index (χ3v) is 3.41. The highest BCUT2D eigenvalue weighted by Gasteiger charge is 2.11. The number of pyridine rings is 1. The fourth-order valence-corrected chi connectivity index (χ4v) is 2.46. The van der Waals surface area contributed by atoms with E-state index in [1.165, 1.54) is 0 Å².